The minimum atomic E-state index is -0.871. The van der Waals surface area contributed by atoms with E-state index < -0.39 is 5.97 Å². The number of aromatic nitrogens is 1. The number of carboxylic acids is 1. The van der Waals surface area contributed by atoms with Gasteiger partial charge in [0.25, 0.3) is 0 Å². The SMILES string of the molecule is O=C(O)Cc1ccc2c(c1)CN(Cc1nccs1)CC(=O)NCCCCCO2. The standard InChI is InChI=1S/C20H25N3O4S/c24-18-13-23(14-19-22-7-9-28-19)12-16-10-15(11-20(25)26)4-5-17(16)27-8-3-1-2-6-21-18/h4-5,7,9-10H,1-3,6,8,11-14H2,(H,21,24)(H,25,26). The first-order chi connectivity index (χ1) is 13.6. The number of nitrogens with one attached hydrogen (secondary N) is 1. The average Bonchev–Trinajstić information content (AvgIpc) is 3.14. The molecule has 0 fully saturated rings. The Hall–Kier alpha value is -2.45. The number of rotatable bonds is 4. The van der Waals surface area contributed by atoms with Gasteiger partial charge in [-0.15, -0.1) is 11.3 Å². The fourth-order valence-electron chi connectivity index (χ4n) is 3.19. The number of hydrogen-bond acceptors (Lipinski definition) is 6. The van der Waals surface area contributed by atoms with Crippen molar-refractivity contribution in [1.82, 2.24) is 15.2 Å². The average molecular weight is 404 g/mol. The fourth-order valence-corrected chi connectivity index (χ4v) is 3.84. The van der Waals surface area contributed by atoms with E-state index in [-0.39, 0.29) is 18.9 Å². The number of carbonyl (C=O) groups is 2. The van der Waals surface area contributed by atoms with E-state index in [1.165, 1.54) is 0 Å². The molecule has 0 atom stereocenters. The molecule has 150 valence electrons. The molecular formula is C20H25N3O4S. The number of carbonyl (C=O) groups excluding carboxylic acids is 1. The molecule has 1 amide bonds. The Kier molecular flexibility index (Phi) is 7.39. The molecule has 3 rings (SSSR count). The molecule has 1 aliphatic rings. The van der Waals surface area contributed by atoms with Crippen molar-refractivity contribution in [2.24, 2.45) is 0 Å². The van der Waals surface area contributed by atoms with Gasteiger partial charge in [0.15, 0.2) is 0 Å². The Labute approximate surface area is 168 Å². The van der Waals surface area contributed by atoms with Crippen molar-refractivity contribution in [3.05, 3.63) is 45.9 Å². The lowest BCUT2D eigenvalue weighted by molar-refractivity contribution is -0.136. The Morgan fingerprint density at radius 3 is 2.96 bits per heavy atom. The number of nitrogens with zero attached hydrogens (tertiary/aromatic N) is 2. The number of fused-ring (bicyclic) bond motifs is 1. The van der Waals surface area contributed by atoms with E-state index in [9.17, 15) is 9.59 Å². The molecule has 1 aromatic carbocycles. The molecular weight excluding hydrogens is 378 g/mol. The summed E-state index contributed by atoms with van der Waals surface area (Å²) in [5, 5.41) is 14.9. The van der Waals surface area contributed by atoms with Crippen molar-refractivity contribution in [2.75, 3.05) is 19.7 Å². The first-order valence-electron chi connectivity index (χ1n) is 9.44. The van der Waals surface area contributed by atoms with E-state index in [4.69, 9.17) is 9.84 Å². The molecule has 0 bridgehead atoms. The highest BCUT2D eigenvalue weighted by Crippen LogP contribution is 2.24. The summed E-state index contributed by atoms with van der Waals surface area (Å²) in [7, 11) is 0. The maximum absolute atomic E-state index is 12.4. The smallest absolute Gasteiger partial charge is 0.307 e. The Balaban J connectivity index is 1.86. The third-order valence-corrected chi connectivity index (χ3v) is 5.25. The predicted molar refractivity (Wildman–Crippen MR) is 106 cm³/mol. The molecule has 2 N–H and O–H groups in total. The van der Waals surface area contributed by atoms with Crippen molar-refractivity contribution >= 4 is 23.2 Å². The van der Waals surface area contributed by atoms with Gasteiger partial charge in [0, 0.05) is 30.2 Å². The van der Waals surface area contributed by atoms with Crippen molar-refractivity contribution in [2.45, 2.75) is 38.8 Å². The highest BCUT2D eigenvalue weighted by molar-refractivity contribution is 7.09. The van der Waals surface area contributed by atoms with Gasteiger partial charge in [0.2, 0.25) is 5.91 Å². The minimum Gasteiger partial charge on any atom is -0.493 e. The maximum atomic E-state index is 12.4. The second-order valence-corrected chi connectivity index (χ2v) is 7.82. The van der Waals surface area contributed by atoms with Crippen LogP contribution in [0.5, 0.6) is 5.75 Å². The Bertz CT molecular complexity index is 795. The largest absolute Gasteiger partial charge is 0.493 e. The first-order valence-corrected chi connectivity index (χ1v) is 10.3. The molecule has 0 spiro atoms. The third-order valence-electron chi connectivity index (χ3n) is 4.48. The molecule has 1 aromatic heterocycles. The van der Waals surface area contributed by atoms with Crippen LogP contribution in [0.4, 0.5) is 0 Å². The van der Waals surface area contributed by atoms with Crippen LogP contribution in [-0.2, 0) is 29.1 Å². The second kappa shape index (κ2) is 10.2. The summed E-state index contributed by atoms with van der Waals surface area (Å²) in [4.78, 5) is 29.8. The summed E-state index contributed by atoms with van der Waals surface area (Å²) in [6.07, 6.45) is 4.53. The van der Waals surface area contributed by atoms with Crippen LogP contribution in [0.2, 0.25) is 0 Å². The molecule has 1 aliphatic heterocycles. The minimum absolute atomic E-state index is 0.0139. The number of aliphatic carboxylic acids is 1. The molecule has 8 heteroatoms. The quantitative estimate of drug-likeness (QED) is 0.815. The van der Waals surface area contributed by atoms with Gasteiger partial charge < -0.3 is 15.2 Å². The fraction of sp³-hybridized carbons (Fsp3) is 0.450. The summed E-state index contributed by atoms with van der Waals surface area (Å²) in [6.45, 7) is 2.55. The van der Waals surface area contributed by atoms with E-state index in [2.05, 4.69) is 10.3 Å². The Morgan fingerprint density at radius 2 is 2.18 bits per heavy atom. The molecule has 7 nitrogen and oxygen atoms in total. The van der Waals surface area contributed by atoms with Gasteiger partial charge in [-0.2, -0.15) is 0 Å². The monoisotopic (exact) mass is 403 g/mol. The summed E-state index contributed by atoms with van der Waals surface area (Å²) in [5.41, 5.74) is 1.61. The van der Waals surface area contributed by atoms with Gasteiger partial charge in [0.05, 0.1) is 26.1 Å². The summed E-state index contributed by atoms with van der Waals surface area (Å²) >= 11 is 1.55. The lowest BCUT2D eigenvalue weighted by Gasteiger charge is -2.22. The molecule has 0 saturated heterocycles. The van der Waals surface area contributed by atoms with Gasteiger partial charge in [0.1, 0.15) is 10.8 Å². The summed E-state index contributed by atoms with van der Waals surface area (Å²) < 4.78 is 5.98. The lowest BCUT2D eigenvalue weighted by atomic mass is 10.1. The number of carboxylic acid groups (broad SMARTS) is 1. The van der Waals surface area contributed by atoms with E-state index in [0.29, 0.717) is 26.2 Å². The van der Waals surface area contributed by atoms with E-state index >= 15 is 0 Å². The molecule has 0 saturated carbocycles. The van der Waals surface area contributed by atoms with E-state index in [1.54, 1.807) is 23.6 Å². The highest BCUT2D eigenvalue weighted by atomic mass is 32.1. The zero-order chi connectivity index (χ0) is 19.8. The van der Waals surface area contributed by atoms with Crippen LogP contribution < -0.4 is 10.1 Å². The third kappa shape index (κ3) is 6.31. The van der Waals surface area contributed by atoms with Crippen LogP contribution in [0.25, 0.3) is 0 Å². The summed E-state index contributed by atoms with van der Waals surface area (Å²) in [6, 6.07) is 5.51. The normalized spacial score (nSPS) is 16.6. The van der Waals surface area contributed by atoms with Crippen LogP contribution in [0.15, 0.2) is 29.8 Å². The van der Waals surface area contributed by atoms with Crippen LogP contribution in [0.1, 0.15) is 35.4 Å². The number of benzene rings is 1. The van der Waals surface area contributed by atoms with Crippen LogP contribution in [-0.4, -0.2) is 46.6 Å². The lowest BCUT2D eigenvalue weighted by Crippen LogP contribution is -2.37. The molecule has 0 unspecified atom stereocenters. The van der Waals surface area contributed by atoms with Gasteiger partial charge in [-0.1, -0.05) is 12.1 Å². The zero-order valence-corrected chi connectivity index (χ0v) is 16.5. The number of amides is 1. The first kappa shape index (κ1) is 20.3. The van der Waals surface area contributed by atoms with Crippen LogP contribution >= 0.6 is 11.3 Å². The van der Waals surface area contributed by atoms with Crippen molar-refractivity contribution in [3.8, 4) is 5.75 Å². The van der Waals surface area contributed by atoms with Gasteiger partial charge >= 0.3 is 5.97 Å². The van der Waals surface area contributed by atoms with Gasteiger partial charge in [-0.05, 0) is 30.9 Å². The molecule has 2 heterocycles. The molecule has 0 radical (unpaired) electrons. The van der Waals surface area contributed by atoms with Crippen LogP contribution in [0.3, 0.4) is 0 Å². The van der Waals surface area contributed by atoms with Crippen LogP contribution in [0, 0.1) is 0 Å². The molecule has 0 aliphatic carbocycles. The van der Waals surface area contributed by atoms with Crippen molar-refractivity contribution in [1.29, 1.82) is 0 Å². The number of hydrogen-bond donors (Lipinski definition) is 2. The van der Waals surface area contributed by atoms with Crippen molar-refractivity contribution < 1.29 is 19.4 Å². The van der Waals surface area contributed by atoms with Crippen molar-refractivity contribution in [3.63, 3.8) is 0 Å². The second-order valence-electron chi connectivity index (χ2n) is 6.84. The Morgan fingerprint density at radius 1 is 1.29 bits per heavy atom. The topological polar surface area (TPSA) is 91.8 Å². The molecule has 28 heavy (non-hydrogen) atoms. The van der Waals surface area contributed by atoms with E-state index in [1.807, 2.05) is 22.4 Å². The summed E-state index contributed by atoms with van der Waals surface area (Å²) in [5.74, 6) is -0.137. The number of thiazole rings is 1. The van der Waals surface area contributed by atoms with E-state index in [0.717, 1.165) is 41.1 Å². The highest BCUT2D eigenvalue weighted by Gasteiger charge is 2.17. The zero-order valence-electron chi connectivity index (χ0n) is 15.7. The molecule has 2 aromatic rings. The van der Waals surface area contributed by atoms with Gasteiger partial charge in [-0.25, -0.2) is 4.98 Å². The number of ether oxygens (including phenoxy) is 1. The predicted octanol–water partition coefficient (Wildman–Crippen LogP) is 2.45. The van der Waals surface area contributed by atoms with Gasteiger partial charge in [-0.3, -0.25) is 14.5 Å². The maximum Gasteiger partial charge on any atom is 0.307 e.